The predicted octanol–water partition coefficient (Wildman–Crippen LogP) is 3.32. The van der Waals surface area contributed by atoms with Crippen molar-refractivity contribution in [3.05, 3.63) is 46.4 Å². The SMILES string of the molecule is CCCOC(=O)c1ccc(NCc2nccs2)cc1. The van der Waals surface area contributed by atoms with E-state index in [4.69, 9.17) is 4.74 Å². The maximum absolute atomic E-state index is 11.6. The Kier molecular flexibility index (Phi) is 4.92. The van der Waals surface area contributed by atoms with Crippen molar-refractivity contribution in [3.8, 4) is 0 Å². The highest BCUT2D eigenvalue weighted by atomic mass is 32.1. The summed E-state index contributed by atoms with van der Waals surface area (Å²) in [7, 11) is 0. The van der Waals surface area contributed by atoms with Crippen LogP contribution in [0.2, 0.25) is 0 Å². The molecule has 0 amide bonds. The predicted molar refractivity (Wildman–Crippen MR) is 76.5 cm³/mol. The number of benzene rings is 1. The molecule has 1 N–H and O–H groups in total. The van der Waals surface area contributed by atoms with Crippen LogP contribution in [-0.2, 0) is 11.3 Å². The molecule has 0 saturated heterocycles. The van der Waals surface area contributed by atoms with Gasteiger partial charge < -0.3 is 10.1 Å². The Morgan fingerprint density at radius 2 is 2.16 bits per heavy atom. The van der Waals surface area contributed by atoms with Gasteiger partial charge in [-0.05, 0) is 30.7 Å². The third-order valence-electron chi connectivity index (χ3n) is 2.49. The van der Waals surface area contributed by atoms with Crippen molar-refractivity contribution >= 4 is 23.0 Å². The summed E-state index contributed by atoms with van der Waals surface area (Å²) in [5, 5.41) is 6.23. The third kappa shape index (κ3) is 4.06. The van der Waals surface area contributed by atoms with E-state index in [2.05, 4.69) is 10.3 Å². The minimum absolute atomic E-state index is 0.270. The van der Waals surface area contributed by atoms with Crippen LogP contribution >= 0.6 is 11.3 Å². The van der Waals surface area contributed by atoms with Crippen LogP contribution in [0.5, 0.6) is 0 Å². The summed E-state index contributed by atoms with van der Waals surface area (Å²) >= 11 is 1.61. The number of hydrogen-bond donors (Lipinski definition) is 1. The summed E-state index contributed by atoms with van der Waals surface area (Å²) in [6.45, 7) is 3.12. The molecule has 0 saturated carbocycles. The van der Waals surface area contributed by atoms with Gasteiger partial charge in [0.15, 0.2) is 0 Å². The van der Waals surface area contributed by atoms with E-state index >= 15 is 0 Å². The Labute approximate surface area is 116 Å². The normalized spacial score (nSPS) is 10.2. The highest BCUT2D eigenvalue weighted by Crippen LogP contribution is 2.13. The summed E-state index contributed by atoms with van der Waals surface area (Å²) in [5.41, 5.74) is 1.54. The maximum atomic E-state index is 11.6. The van der Waals surface area contributed by atoms with E-state index in [0.29, 0.717) is 18.7 Å². The first-order valence-electron chi connectivity index (χ1n) is 6.19. The van der Waals surface area contributed by atoms with E-state index in [-0.39, 0.29) is 5.97 Å². The zero-order chi connectivity index (χ0) is 13.5. The zero-order valence-electron chi connectivity index (χ0n) is 10.8. The first kappa shape index (κ1) is 13.5. The van der Waals surface area contributed by atoms with Crippen LogP contribution in [-0.4, -0.2) is 17.6 Å². The number of rotatable bonds is 6. The monoisotopic (exact) mass is 276 g/mol. The van der Waals surface area contributed by atoms with Gasteiger partial charge in [0.1, 0.15) is 5.01 Å². The first-order chi connectivity index (χ1) is 9.29. The molecule has 0 aliphatic heterocycles. The molecule has 0 fully saturated rings. The number of ether oxygens (including phenoxy) is 1. The molecule has 1 heterocycles. The van der Waals surface area contributed by atoms with E-state index in [1.54, 1.807) is 29.7 Å². The summed E-state index contributed by atoms with van der Waals surface area (Å²) in [6, 6.07) is 7.27. The van der Waals surface area contributed by atoms with Crippen molar-refractivity contribution in [3.63, 3.8) is 0 Å². The largest absolute Gasteiger partial charge is 0.462 e. The number of carbonyl (C=O) groups excluding carboxylic acids is 1. The lowest BCUT2D eigenvalue weighted by molar-refractivity contribution is 0.0505. The lowest BCUT2D eigenvalue weighted by atomic mass is 10.2. The van der Waals surface area contributed by atoms with E-state index < -0.39 is 0 Å². The molecule has 1 aromatic carbocycles. The number of esters is 1. The number of aromatic nitrogens is 1. The molecular weight excluding hydrogens is 260 g/mol. The lowest BCUT2D eigenvalue weighted by Crippen LogP contribution is -2.06. The molecule has 0 radical (unpaired) electrons. The standard InChI is InChI=1S/C14H16N2O2S/c1-2-8-18-14(17)11-3-5-12(6-4-11)16-10-13-15-7-9-19-13/h3-7,9,16H,2,8,10H2,1H3. The summed E-state index contributed by atoms with van der Waals surface area (Å²) in [5.74, 6) is -0.270. The minimum Gasteiger partial charge on any atom is -0.462 e. The first-order valence-corrected chi connectivity index (χ1v) is 7.07. The van der Waals surface area contributed by atoms with Crippen molar-refractivity contribution in [1.29, 1.82) is 0 Å². The topological polar surface area (TPSA) is 51.2 Å². The Balaban J connectivity index is 1.89. The van der Waals surface area contributed by atoms with Gasteiger partial charge in [-0.15, -0.1) is 11.3 Å². The van der Waals surface area contributed by atoms with Crippen LogP contribution in [0, 0.1) is 0 Å². The lowest BCUT2D eigenvalue weighted by Gasteiger charge is -2.06. The Morgan fingerprint density at radius 1 is 1.37 bits per heavy atom. The molecule has 0 aliphatic rings. The molecule has 1 aromatic heterocycles. The fraction of sp³-hybridized carbons (Fsp3) is 0.286. The van der Waals surface area contributed by atoms with Gasteiger partial charge in [0, 0.05) is 17.3 Å². The molecular formula is C14H16N2O2S. The highest BCUT2D eigenvalue weighted by molar-refractivity contribution is 7.09. The zero-order valence-corrected chi connectivity index (χ0v) is 11.6. The average molecular weight is 276 g/mol. The quantitative estimate of drug-likeness (QED) is 0.822. The number of nitrogens with one attached hydrogen (secondary N) is 1. The number of thiazole rings is 1. The van der Waals surface area contributed by atoms with Crippen LogP contribution in [0.1, 0.15) is 28.7 Å². The van der Waals surface area contributed by atoms with Gasteiger partial charge in [0.25, 0.3) is 0 Å². The summed E-state index contributed by atoms with van der Waals surface area (Å²) in [6.07, 6.45) is 2.62. The molecule has 5 heteroatoms. The van der Waals surface area contributed by atoms with Crippen LogP contribution < -0.4 is 5.32 Å². The maximum Gasteiger partial charge on any atom is 0.338 e. The Bertz CT molecular complexity index is 509. The third-order valence-corrected chi connectivity index (χ3v) is 3.26. The van der Waals surface area contributed by atoms with Gasteiger partial charge in [0.2, 0.25) is 0 Å². The fourth-order valence-corrected chi connectivity index (χ4v) is 2.08. The van der Waals surface area contributed by atoms with Crippen LogP contribution in [0.25, 0.3) is 0 Å². The molecule has 0 atom stereocenters. The molecule has 0 unspecified atom stereocenters. The van der Waals surface area contributed by atoms with Gasteiger partial charge >= 0.3 is 5.97 Å². The Hall–Kier alpha value is -1.88. The number of carbonyl (C=O) groups is 1. The van der Waals surface area contributed by atoms with Gasteiger partial charge in [0.05, 0.1) is 18.7 Å². The van der Waals surface area contributed by atoms with Crippen LogP contribution in [0.3, 0.4) is 0 Å². The molecule has 2 aromatic rings. The molecule has 0 bridgehead atoms. The summed E-state index contributed by atoms with van der Waals surface area (Å²) < 4.78 is 5.07. The smallest absolute Gasteiger partial charge is 0.338 e. The van der Waals surface area contributed by atoms with Gasteiger partial charge in [-0.25, -0.2) is 9.78 Å². The van der Waals surface area contributed by atoms with Crippen molar-refractivity contribution in [2.75, 3.05) is 11.9 Å². The fourth-order valence-electron chi connectivity index (χ4n) is 1.52. The second-order valence-electron chi connectivity index (χ2n) is 3.99. The van der Waals surface area contributed by atoms with Crippen molar-refractivity contribution in [2.24, 2.45) is 0 Å². The van der Waals surface area contributed by atoms with Gasteiger partial charge in [-0.1, -0.05) is 6.92 Å². The summed E-state index contributed by atoms with van der Waals surface area (Å²) in [4.78, 5) is 15.8. The number of nitrogens with zero attached hydrogens (tertiary/aromatic N) is 1. The molecule has 2 rings (SSSR count). The van der Waals surface area contributed by atoms with Crippen molar-refractivity contribution < 1.29 is 9.53 Å². The number of hydrogen-bond acceptors (Lipinski definition) is 5. The van der Waals surface area contributed by atoms with Crippen LogP contribution in [0.15, 0.2) is 35.8 Å². The molecule has 100 valence electrons. The van der Waals surface area contributed by atoms with E-state index in [9.17, 15) is 4.79 Å². The molecule has 0 spiro atoms. The van der Waals surface area contributed by atoms with Crippen molar-refractivity contribution in [2.45, 2.75) is 19.9 Å². The molecule has 4 nitrogen and oxygen atoms in total. The van der Waals surface area contributed by atoms with E-state index in [1.807, 2.05) is 24.4 Å². The highest BCUT2D eigenvalue weighted by Gasteiger charge is 2.06. The van der Waals surface area contributed by atoms with Crippen LogP contribution in [0.4, 0.5) is 5.69 Å². The van der Waals surface area contributed by atoms with Gasteiger partial charge in [-0.3, -0.25) is 0 Å². The number of anilines is 1. The minimum atomic E-state index is -0.270. The molecule has 19 heavy (non-hydrogen) atoms. The van der Waals surface area contributed by atoms with Gasteiger partial charge in [-0.2, -0.15) is 0 Å². The Morgan fingerprint density at radius 3 is 2.79 bits per heavy atom. The average Bonchev–Trinajstić information content (AvgIpc) is 2.96. The molecule has 0 aliphatic carbocycles. The second kappa shape index (κ2) is 6.89. The van der Waals surface area contributed by atoms with E-state index in [0.717, 1.165) is 17.1 Å². The van der Waals surface area contributed by atoms with E-state index in [1.165, 1.54) is 0 Å². The second-order valence-corrected chi connectivity index (χ2v) is 4.97. The van der Waals surface area contributed by atoms with Crippen molar-refractivity contribution in [1.82, 2.24) is 4.98 Å².